The molecule has 0 amide bonds. The highest BCUT2D eigenvalue weighted by Crippen LogP contribution is 2.27. The zero-order valence-corrected chi connectivity index (χ0v) is 12.4. The highest BCUT2D eigenvalue weighted by atomic mass is 16.5. The van der Waals surface area contributed by atoms with Crippen LogP contribution in [0, 0.1) is 11.8 Å². The summed E-state index contributed by atoms with van der Waals surface area (Å²) < 4.78 is 5.91. The smallest absolute Gasteiger partial charge is 0.119 e. The fourth-order valence-electron chi connectivity index (χ4n) is 2.81. The van der Waals surface area contributed by atoms with Crippen molar-refractivity contribution < 1.29 is 9.84 Å². The molecule has 0 heterocycles. The van der Waals surface area contributed by atoms with Crippen molar-refractivity contribution in [3.8, 4) is 5.75 Å². The van der Waals surface area contributed by atoms with Gasteiger partial charge in [-0.25, -0.2) is 0 Å². The topological polar surface area (TPSA) is 55.5 Å². The highest BCUT2D eigenvalue weighted by Gasteiger charge is 2.16. The molecule has 0 spiro atoms. The molecule has 20 heavy (non-hydrogen) atoms. The summed E-state index contributed by atoms with van der Waals surface area (Å²) in [4.78, 5) is 0. The third-order valence-electron chi connectivity index (χ3n) is 4.32. The molecule has 0 saturated heterocycles. The molecule has 2 rings (SSSR count). The van der Waals surface area contributed by atoms with Crippen molar-refractivity contribution in [2.24, 2.45) is 17.6 Å². The van der Waals surface area contributed by atoms with E-state index in [1.165, 1.54) is 32.1 Å². The van der Waals surface area contributed by atoms with Crippen LogP contribution in [0.1, 0.15) is 50.7 Å². The lowest BCUT2D eigenvalue weighted by atomic mass is 9.90. The van der Waals surface area contributed by atoms with Gasteiger partial charge in [-0.1, -0.05) is 38.3 Å². The van der Waals surface area contributed by atoms with Gasteiger partial charge < -0.3 is 15.6 Å². The molecule has 2 atom stereocenters. The Morgan fingerprint density at radius 3 is 2.75 bits per heavy atom. The van der Waals surface area contributed by atoms with Gasteiger partial charge in [0.2, 0.25) is 0 Å². The van der Waals surface area contributed by atoms with E-state index < -0.39 is 6.10 Å². The summed E-state index contributed by atoms with van der Waals surface area (Å²) in [5.41, 5.74) is 6.51. The average molecular weight is 277 g/mol. The molecule has 0 aliphatic heterocycles. The molecule has 3 N–H and O–H groups in total. The predicted octanol–water partition coefficient (Wildman–Crippen LogP) is 3.27. The molecule has 1 aliphatic carbocycles. The minimum atomic E-state index is -0.516. The van der Waals surface area contributed by atoms with E-state index in [1.54, 1.807) is 0 Å². The van der Waals surface area contributed by atoms with E-state index >= 15 is 0 Å². The lowest BCUT2D eigenvalue weighted by Crippen LogP contribution is -2.19. The Bertz CT molecular complexity index is 402. The van der Waals surface area contributed by atoms with Crippen LogP contribution in [-0.2, 0) is 0 Å². The summed E-state index contributed by atoms with van der Waals surface area (Å²) in [6.45, 7) is 3.24. The zero-order valence-electron chi connectivity index (χ0n) is 12.4. The summed E-state index contributed by atoms with van der Waals surface area (Å²) in [7, 11) is 0. The Morgan fingerprint density at radius 2 is 2.05 bits per heavy atom. The Kier molecular flexibility index (Phi) is 5.86. The van der Waals surface area contributed by atoms with E-state index in [1.807, 2.05) is 31.2 Å². The largest absolute Gasteiger partial charge is 0.493 e. The van der Waals surface area contributed by atoms with Crippen molar-refractivity contribution in [1.29, 1.82) is 0 Å². The second kappa shape index (κ2) is 7.65. The van der Waals surface area contributed by atoms with Crippen LogP contribution in [0.2, 0.25) is 0 Å². The van der Waals surface area contributed by atoms with E-state index in [4.69, 9.17) is 10.5 Å². The summed E-state index contributed by atoms with van der Waals surface area (Å²) >= 11 is 0. The van der Waals surface area contributed by atoms with Gasteiger partial charge in [-0.05, 0) is 48.9 Å². The van der Waals surface area contributed by atoms with Gasteiger partial charge in [-0.2, -0.15) is 0 Å². The molecule has 0 bridgehead atoms. The molecule has 0 aromatic heterocycles. The summed E-state index contributed by atoms with van der Waals surface area (Å²) in [5, 5.41) is 10.2. The summed E-state index contributed by atoms with van der Waals surface area (Å²) in [6, 6.07) is 7.79. The molecule has 1 fully saturated rings. The molecule has 1 aromatic carbocycles. The second-order valence-electron chi connectivity index (χ2n) is 6.05. The first kappa shape index (κ1) is 15.3. The fourth-order valence-corrected chi connectivity index (χ4v) is 2.81. The van der Waals surface area contributed by atoms with Gasteiger partial charge in [0.05, 0.1) is 12.7 Å². The molecular weight excluding hydrogens is 250 g/mol. The van der Waals surface area contributed by atoms with Crippen molar-refractivity contribution in [1.82, 2.24) is 0 Å². The van der Waals surface area contributed by atoms with Crippen LogP contribution in [0.15, 0.2) is 24.3 Å². The number of hydrogen-bond donors (Lipinski definition) is 2. The lowest BCUT2D eigenvalue weighted by Gasteiger charge is -2.22. The van der Waals surface area contributed by atoms with Gasteiger partial charge in [0.1, 0.15) is 5.75 Å². The molecular formula is C17H27NO2. The quantitative estimate of drug-likeness (QED) is 0.839. The van der Waals surface area contributed by atoms with Gasteiger partial charge in [0.15, 0.2) is 0 Å². The third-order valence-corrected chi connectivity index (χ3v) is 4.32. The van der Waals surface area contributed by atoms with Gasteiger partial charge in [0.25, 0.3) is 0 Å². The molecule has 1 unspecified atom stereocenters. The fraction of sp³-hybridized carbons (Fsp3) is 0.647. The predicted molar refractivity (Wildman–Crippen MR) is 81.7 cm³/mol. The normalized spacial score (nSPS) is 19.6. The number of aliphatic hydroxyl groups is 1. The van der Waals surface area contributed by atoms with Crippen molar-refractivity contribution in [3.05, 3.63) is 29.8 Å². The van der Waals surface area contributed by atoms with Gasteiger partial charge in [0, 0.05) is 0 Å². The highest BCUT2D eigenvalue weighted by molar-refractivity contribution is 5.30. The Labute approximate surface area is 122 Å². The Morgan fingerprint density at radius 1 is 1.30 bits per heavy atom. The number of ether oxygens (including phenoxy) is 1. The van der Waals surface area contributed by atoms with Gasteiger partial charge in [-0.15, -0.1) is 0 Å². The van der Waals surface area contributed by atoms with E-state index in [0.29, 0.717) is 12.5 Å². The van der Waals surface area contributed by atoms with Crippen LogP contribution in [0.3, 0.4) is 0 Å². The first-order valence-electron chi connectivity index (χ1n) is 7.81. The maximum absolute atomic E-state index is 10.2. The maximum Gasteiger partial charge on any atom is 0.119 e. The second-order valence-corrected chi connectivity index (χ2v) is 6.05. The SMILES string of the molecule is C[C@H](CN)C(O)c1cccc(OCC2CCCCC2)c1. The van der Waals surface area contributed by atoms with Crippen LogP contribution < -0.4 is 10.5 Å². The first-order chi connectivity index (χ1) is 9.70. The number of hydrogen-bond acceptors (Lipinski definition) is 3. The molecule has 1 aliphatic rings. The summed E-state index contributed by atoms with van der Waals surface area (Å²) in [5.74, 6) is 1.61. The van der Waals surface area contributed by atoms with E-state index in [2.05, 4.69) is 0 Å². The van der Waals surface area contributed by atoms with Crippen LogP contribution in [0.25, 0.3) is 0 Å². The zero-order chi connectivity index (χ0) is 14.4. The maximum atomic E-state index is 10.2. The standard InChI is InChI=1S/C17H27NO2/c1-13(11-18)17(19)15-8-5-9-16(10-15)20-12-14-6-3-2-4-7-14/h5,8-10,13-14,17,19H,2-4,6-7,11-12,18H2,1H3/t13-,17?/m1/s1. The van der Waals surface area contributed by atoms with Gasteiger partial charge >= 0.3 is 0 Å². The van der Waals surface area contributed by atoms with E-state index in [-0.39, 0.29) is 5.92 Å². The number of nitrogens with two attached hydrogens (primary N) is 1. The van der Waals surface area contributed by atoms with Crippen LogP contribution in [0.5, 0.6) is 5.75 Å². The first-order valence-corrected chi connectivity index (χ1v) is 7.81. The molecule has 3 nitrogen and oxygen atoms in total. The van der Waals surface area contributed by atoms with Crippen molar-refractivity contribution in [2.75, 3.05) is 13.2 Å². The average Bonchev–Trinajstić information content (AvgIpc) is 2.52. The Hall–Kier alpha value is -1.06. The monoisotopic (exact) mass is 277 g/mol. The lowest BCUT2D eigenvalue weighted by molar-refractivity contribution is 0.121. The van der Waals surface area contributed by atoms with Crippen LogP contribution in [0.4, 0.5) is 0 Å². The molecule has 1 aromatic rings. The number of benzene rings is 1. The summed E-state index contributed by atoms with van der Waals surface area (Å²) in [6.07, 6.45) is 6.09. The molecule has 0 radical (unpaired) electrons. The molecule has 3 heteroatoms. The van der Waals surface area contributed by atoms with Crippen molar-refractivity contribution in [2.45, 2.75) is 45.1 Å². The van der Waals surface area contributed by atoms with Crippen LogP contribution >= 0.6 is 0 Å². The Balaban J connectivity index is 1.91. The van der Waals surface area contributed by atoms with E-state index in [0.717, 1.165) is 17.9 Å². The van der Waals surface area contributed by atoms with E-state index in [9.17, 15) is 5.11 Å². The van der Waals surface area contributed by atoms with Gasteiger partial charge in [-0.3, -0.25) is 0 Å². The van der Waals surface area contributed by atoms with Crippen molar-refractivity contribution >= 4 is 0 Å². The number of aliphatic hydroxyl groups excluding tert-OH is 1. The minimum Gasteiger partial charge on any atom is -0.493 e. The van der Waals surface area contributed by atoms with Crippen molar-refractivity contribution in [3.63, 3.8) is 0 Å². The number of rotatable bonds is 6. The molecule has 112 valence electrons. The van der Waals surface area contributed by atoms with Crippen LogP contribution in [-0.4, -0.2) is 18.3 Å². The minimum absolute atomic E-state index is 0.0589. The third kappa shape index (κ3) is 4.22. The molecule has 1 saturated carbocycles.